The maximum atomic E-state index is 13.0. The van der Waals surface area contributed by atoms with E-state index in [2.05, 4.69) is 30.8 Å². The van der Waals surface area contributed by atoms with Gasteiger partial charge in [-0.15, -0.1) is 6.58 Å². The zero-order chi connectivity index (χ0) is 50.1. The van der Waals surface area contributed by atoms with Crippen LogP contribution >= 0.6 is 0 Å². The first kappa shape index (κ1) is 50.5. The van der Waals surface area contributed by atoms with Crippen molar-refractivity contribution < 1.29 is 64.2 Å². The normalized spacial score (nSPS) is 34.4. The average Bonchev–Trinajstić information content (AvgIpc) is 3.93. The van der Waals surface area contributed by atoms with E-state index >= 15 is 0 Å². The summed E-state index contributed by atoms with van der Waals surface area (Å²) >= 11 is 0. The number of carboxylic acid groups (broad SMARTS) is 1. The molecule has 15 heteroatoms. The molecule has 4 aliphatic heterocycles. The number of fused-ring (bicyclic) bond motifs is 9. The van der Waals surface area contributed by atoms with Crippen molar-refractivity contribution in [2.24, 2.45) is 35.0 Å². The van der Waals surface area contributed by atoms with Gasteiger partial charge in [-0.3, -0.25) is 0 Å². The molecule has 7 aliphatic rings. The number of methoxy groups -OCH3 is 1. The molecular formula is C56H66N2O13. The lowest BCUT2D eigenvalue weighted by Gasteiger charge is -2.57. The number of aliphatic hydroxyl groups is 6. The highest BCUT2D eigenvalue weighted by Gasteiger charge is 2.68. The van der Waals surface area contributed by atoms with E-state index in [-0.39, 0.29) is 74.7 Å². The molecule has 7 N–H and O–H groups in total. The van der Waals surface area contributed by atoms with Gasteiger partial charge >= 0.3 is 5.97 Å². The molecule has 10 rings (SSSR count). The van der Waals surface area contributed by atoms with Crippen molar-refractivity contribution in [1.29, 1.82) is 5.26 Å². The maximum Gasteiger partial charge on any atom is 0.335 e. The van der Waals surface area contributed by atoms with Gasteiger partial charge in [0.1, 0.15) is 42.3 Å². The first-order chi connectivity index (χ1) is 34.3. The van der Waals surface area contributed by atoms with Crippen LogP contribution in [0.5, 0.6) is 5.75 Å². The van der Waals surface area contributed by atoms with Gasteiger partial charge < -0.3 is 64.0 Å². The fourth-order valence-electron chi connectivity index (χ4n) is 13.3. The summed E-state index contributed by atoms with van der Waals surface area (Å²) in [5.41, 5.74) is 0.357. The third-order valence-electron chi connectivity index (χ3n) is 16.7. The van der Waals surface area contributed by atoms with E-state index in [1.165, 1.54) is 0 Å². The third-order valence-corrected chi connectivity index (χ3v) is 16.7. The number of benzene rings is 2. The number of aromatic carboxylic acids is 1. The highest BCUT2D eigenvalue weighted by molar-refractivity contribution is 5.87. The number of carbonyl (C=O) groups is 1. The Labute approximate surface area is 414 Å². The lowest BCUT2D eigenvalue weighted by Crippen LogP contribution is -2.70. The Morgan fingerprint density at radius 2 is 1.90 bits per heavy atom. The number of hydrogen-bond donors (Lipinski definition) is 7. The van der Waals surface area contributed by atoms with Crippen LogP contribution < -0.4 is 4.74 Å². The molecule has 378 valence electrons. The topological polar surface area (TPSA) is 234 Å². The largest absolute Gasteiger partial charge is 0.485 e. The minimum absolute atomic E-state index is 0.00414. The van der Waals surface area contributed by atoms with E-state index in [9.17, 15) is 45.8 Å². The summed E-state index contributed by atoms with van der Waals surface area (Å²) in [6.07, 6.45) is 9.99. The zero-order valence-electron chi connectivity index (χ0n) is 40.1. The van der Waals surface area contributed by atoms with Gasteiger partial charge in [0.15, 0.2) is 5.60 Å². The lowest BCUT2D eigenvalue weighted by atomic mass is 9.49. The minimum Gasteiger partial charge on any atom is -0.485 e. The first-order valence-corrected chi connectivity index (χ1v) is 24.9. The molecule has 71 heavy (non-hydrogen) atoms. The number of nitriles is 1. The molecule has 0 unspecified atom stereocenters. The standard InChI is InChI=1S/C56H66N2O13/c1-3-6-37-14-16-43(24-40(37)23-41(31-67-2)46(30-60)58-18-17-35(28-57)29-58)70-53-56-27-45(47(61)7-5-20-68-48(8-4-19-59)50(71-53)49(62)51(56)63)54-26-39(13-15-42(54)32-69-56)44-22-36(25-55(44,66)33-54)21-34-9-11-38(12-10-34)52(64)65/h3,9-18,24,29,32,36,39,41,44-51,53,59-63,66H,1,4,6-8,19,21-23,25-27,30-31,33H2,2H3,(H,64,65)/t36-,39+,41-,44-,45+,46+,47+,48+,49+,50+,51-,53-,54+,55-,56+/m0/s1. The number of aromatic nitrogens is 1. The van der Waals surface area contributed by atoms with Crippen LogP contribution in [0.4, 0.5) is 0 Å². The van der Waals surface area contributed by atoms with Crippen LogP contribution in [-0.4, -0.2) is 121 Å². The predicted octanol–water partition coefficient (Wildman–Crippen LogP) is 5.16. The molecule has 3 aliphatic carbocycles. The highest BCUT2D eigenvalue weighted by Crippen LogP contribution is 2.66. The molecule has 1 aromatic heterocycles. The summed E-state index contributed by atoms with van der Waals surface area (Å²) in [6, 6.07) is 15.9. The smallest absolute Gasteiger partial charge is 0.335 e. The SMILES string of the molecule is C=CCc1ccc(O[C@H]2O[C@H]3[C@@H](O)[C@H](O)[C@]24C[C@H]([C@H](O)CC#CO[C@@H]3CCCO)[C@@]23C[C@@H](C=CC2=CO4)[C@@H]2C[C@H](Cc4ccc(C(=O)O)cc4)C[C@]2(O)C3)cc1C[C@@H](COC)[C@@H](CO)n1ccc(C#N)c1. The summed E-state index contributed by atoms with van der Waals surface area (Å²) in [5.74, 6) is 1.38. The van der Waals surface area contributed by atoms with Gasteiger partial charge in [0.2, 0.25) is 6.29 Å². The van der Waals surface area contributed by atoms with E-state index in [0.717, 1.165) is 28.7 Å². The predicted molar refractivity (Wildman–Crippen MR) is 258 cm³/mol. The summed E-state index contributed by atoms with van der Waals surface area (Å²) in [4.78, 5) is 11.6. The first-order valence-electron chi connectivity index (χ1n) is 24.9. The molecule has 0 radical (unpaired) electrons. The van der Waals surface area contributed by atoms with Gasteiger partial charge in [-0.25, -0.2) is 4.79 Å². The lowest BCUT2D eigenvalue weighted by molar-refractivity contribution is -0.334. The van der Waals surface area contributed by atoms with Crippen LogP contribution in [-0.2, 0) is 38.2 Å². The van der Waals surface area contributed by atoms with Crippen molar-refractivity contribution in [3.63, 3.8) is 0 Å². The van der Waals surface area contributed by atoms with Crippen molar-refractivity contribution in [1.82, 2.24) is 4.57 Å². The molecule has 5 bridgehead atoms. The Morgan fingerprint density at radius 1 is 1.08 bits per heavy atom. The van der Waals surface area contributed by atoms with Crippen molar-refractivity contribution in [3.05, 3.63) is 125 Å². The third kappa shape index (κ3) is 9.67. The second-order valence-corrected chi connectivity index (χ2v) is 20.8. The molecule has 1 saturated heterocycles. The van der Waals surface area contributed by atoms with Crippen LogP contribution in [0.3, 0.4) is 0 Å². The number of rotatable bonds is 17. The Balaban J connectivity index is 1.09. The van der Waals surface area contributed by atoms with Gasteiger partial charge in [-0.2, -0.15) is 5.26 Å². The Morgan fingerprint density at radius 3 is 2.62 bits per heavy atom. The summed E-state index contributed by atoms with van der Waals surface area (Å²) < 4.78 is 34.3. The second-order valence-electron chi connectivity index (χ2n) is 20.8. The van der Waals surface area contributed by atoms with Crippen molar-refractivity contribution >= 4 is 5.97 Å². The Kier molecular flexibility index (Phi) is 14.9. The van der Waals surface area contributed by atoms with Crippen LogP contribution in [0.2, 0.25) is 0 Å². The van der Waals surface area contributed by atoms with E-state index < -0.39 is 71.4 Å². The second kappa shape index (κ2) is 20.9. The molecular weight excluding hydrogens is 909 g/mol. The number of ether oxygens (including phenoxy) is 5. The molecule has 3 aromatic rings. The van der Waals surface area contributed by atoms with Gasteiger partial charge in [0.05, 0.1) is 48.3 Å². The number of hydrogen-bond acceptors (Lipinski definition) is 13. The molecule has 15 nitrogen and oxygen atoms in total. The molecule has 0 amide bonds. The van der Waals surface area contributed by atoms with Crippen molar-refractivity contribution in [2.75, 3.05) is 26.9 Å². The molecule has 3 fully saturated rings. The van der Waals surface area contributed by atoms with E-state index in [0.29, 0.717) is 49.8 Å². The maximum absolute atomic E-state index is 13.0. The molecule has 15 atom stereocenters. The number of aliphatic hydroxyl groups excluding tert-OH is 5. The summed E-state index contributed by atoms with van der Waals surface area (Å²) in [7, 11) is 1.60. The van der Waals surface area contributed by atoms with Crippen LogP contribution in [0.25, 0.3) is 0 Å². The summed E-state index contributed by atoms with van der Waals surface area (Å²) in [5, 5.41) is 90.1. The highest BCUT2D eigenvalue weighted by atomic mass is 16.7. The average molecular weight is 975 g/mol. The van der Waals surface area contributed by atoms with Gasteiger partial charge in [0.25, 0.3) is 0 Å². The van der Waals surface area contributed by atoms with Gasteiger partial charge in [-0.05, 0) is 134 Å². The number of nitrogens with zero attached hydrogens (tertiary/aromatic N) is 2. The van der Waals surface area contributed by atoms with E-state index in [4.69, 9.17) is 23.7 Å². The van der Waals surface area contributed by atoms with Crippen molar-refractivity contribution in [3.8, 4) is 23.8 Å². The minimum atomic E-state index is -1.84. The van der Waals surface area contributed by atoms with Gasteiger partial charge in [0, 0.05) is 50.3 Å². The monoisotopic (exact) mass is 974 g/mol. The molecule has 5 heterocycles. The fourth-order valence-corrected chi connectivity index (χ4v) is 13.3. The van der Waals surface area contributed by atoms with E-state index in [1.54, 1.807) is 56.1 Å². The van der Waals surface area contributed by atoms with E-state index in [1.807, 2.05) is 34.9 Å². The Bertz CT molecular complexity index is 2580. The zero-order valence-corrected chi connectivity index (χ0v) is 40.1. The molecule has 2 saturated carbocycles. The quantitative estimate of drug-likeness (QED) is 0.0685. The fraction of sp³-hybridized carbons (Fsp3) is 0.536. The summed E-state index contributed by atoms with van der Waals surface area (Å²) in [6.45, 7) is 3.89. The van der Waals surface area contributed by atoms with Crippen LogP contribution in [0, 0.1) is 58.4 Å². The number of allylic oxidation sites excluding steroid dienone is 4. The number of carboxylic acids is 1. The Hall–Kier alpha value is -5.46. The van der Waals surface area contributed by atoms with Crippen LogP contribution in [0.1, 0.15) is 90.0 Å². The van der Waals surface area contributed by atoms with Crippen LogP contribution in [0.15, 0.2) is 97.6 Å². The van der Waals surface area contributed by atoms with Crippen molar-refractivity contribution in [2.45, 2.75) is 125 Å². The van der Waals surface area contributed by atoms with Gasteiger partial charge in [-0.1, -0.05) is 42.3 Å². The molecule has 2 spiro atoms. The molecule has 2 aromatic carbocycles.